The number of piperidine rings is 1. The van der Waals surface area contributed by atoms with Gasteiger partial charge in [0.1, 0.15) is 0 Å². The van der Waals surface area contributed by atoms with Gasteiger partial charge in [-0.3, -0.25) is 4.79 Å². The zero-order chi connectivity index (χ0) is 17.6. The Labute approximate surface area is 148 Å². The summed E-state index contributed by atoms with van der Waals surface area (Å²) in [6, 6.07) is 8.17. The number of aryl methyl sites for hydroxylation is 1. The van der Waals surface area contributed by atoms with E-state index < -0.39 is 0 Å². The summed E-state index contributed by atoms with van der Waals surface area (Å²) in [7, 11) is 0. The number of ether oxygens (including phenoxy) is 1. The van der Waals surface area contributed by atoms with Crippen LogP contribution in [0.1, 0.15) is 47.8 Å². The number of carbonyl (C=O) groups excluding carboxylic acids is 1. The highest BCUT2D eigenvalue weighted by molar-refractivity contribution is 5.92. The molecule has 6 heteroatoms. The van der Waals surface area contributed by atoms with Crippen LogP contribution < -0.4 is 0 Å². The molecule has 0 bridgehead atoms. The van der Waals surface area contributed by atoms with E-state index in [1.807, 2.05) is 17.0 Å². The Hall–Kier alpha value is -2.21. The molecule has 0 aliphatic carbocycles. The van der Waals surface area contributed by atoms with Crippen molar-refractivity contribution in [1.29, 1.82) is 0 Å². The lowest BCUT2D eigenvalue weighted by molar-refractivity contribution is 0.00192. The van der Waals surface area contributed by atoms with Crippen molar-refractivity contribution in [3.05, 3.63) is 47.3 Å². The molecule has 1 saturated heterocycles. The van der Waals surface area contributed by atoms with Crippen molar-refractivity contribution in [3.63, 3.8) is 0 Å². The number of amides is 1. The summed E-state index contributed by atoms with van der Waals surface area (Å²) in [5, 5.41) is 8.21. The molecule has 134 valence electrons. The second kappa shape index (κ2) is 8.25. The van der Waals surface area contributed by atoms with Crippen LogP contribution in [0.15, 0.2) is 30.5 Å². The lowest BCUT2D eigenvalue weighted by atomic mass is 10.1. The molecule has 0 radical (unpaired) electrons. The fraction of sp³-hybridized carbons (Fsp3) is 0.526. The van der Waals surface area contributed by atoms with Crippen molar-refractivity contribution >= 4 is 5.91 Å². The molecule has 6 nitrogen and oxygen atoms in total. The fourth-order valence-corrected chi connectivity index (χ4v) is 3.14. The standard InChI is InChI=1S/C19H26N4O2/c1-3-11-25-17-9-6-10-22(13-17)19(24)18-14-23(21-20-18)12-16-8-5-4-7-15(16)2/h4-5,7-8,14,17H,3,6,9-13H2,1-2H3/t17-/m1/s1. The van der Waals surface area contributed by atoms with Gasteiger partial charge in [0.25, 0.3) is 5.91 Å². The van der Waals surface area contributed by atoms with Crippen molar-refractivity contribution in [2.24, 2.45) is 0 Å². The molecule has 1 aromatic heterocycles. The van der Waals surface area contributed by atoms with Crippen LogP contribution in [0.4, 0.5) is 0 Å². The lowest BCUT2D eigenvalue weighted by Crippen LogP contribution is -2.43. The molecular weight excluding hydrogens is 316 g/mol. The van der Waals surface area contributed by atoms with Crippen LogP contribution >= 0.6 is 0 Å². The molecule has 1 aromatic carbocycles. The van der Waals surface area contributed by atoms with Gasteiger partial charge in [0.2, 0.25) is 0 Å². The van der Waals surface area contributed by atoms with Crippen molar-refractivity contribution in [2.45, 2.75) is 45.8 Å². The summed E-state index contributed by atoms with van der Waals surface area (Å²) in [6.45, 7) is 6.94. The van der Waals surface area contributed by atoms with Gasteiger partial charge in [-0.1, -0.05) is 36.4 Å². The topological polar surface area (TPSA) is 60.2 Å². The molecule has 1 aliphatic rings. The summed E-state index contributed by atoms with van der Waals surface area (Å²) in [5.41, 5.74) is 2.79. The number of likely N-dealkylation sites (tertiary alicyclic amines) is 1. The van der Waals surface area contributed by atoms with E-state index in [0.29, 0.717) is 18.8 Å². The van der Waals surface area contributed by atoms with Crippen LogP contribution in [0.2, 0.25) is 0 Å². The van der Waals surface area contributed by atoms with E-state index >= 15 is 0 Å². The Kier molecular flexibility index (Phi) is 5.81. The SMILES string of the molecule is CCCO[C@@H]1CCCN(C(=O)c2cn(Cc3ccccc3C)nn2)C1. The summed E-state index contributed by atoms with van der Waals surface area (Å²) in [5.74, 6) is -0.0548. The highest BCUT2D eigenvalue weighted by atomic mass is 16.5. The molecule has 0 spiro atoms. The quantitative estimate of drug-likeness (QED) is 0.810. The molecule has 1 amide bonds. The summed E-state index contributed by atoms with van der Waals surface area (Å²) >= 11 is 0. The molecule has 2 heterocycles. The zero-order valence-corrected chi connectivity index (χ0v) is 15.0. The molecule has 1 aliphatic heterocycles. The van der Waals surface area contributed by atoms with Gasteiger partial charge in [0.15, 0.2) is 5.69 Å². The minimum Gasteiger partial charge on any atom is -0.376 e. The van der Waals surface area contributed by atoms with Gasteiger partial charge >= 0.3 is 0 Å². The fourth-order valence-electron chi connectivity index (χ4n) is 3.14. The third kappa shape index (κ3) is 4.45. The maximum absolute atomic E-state index is 12.7. The molecule has 1 fully saturated rings. The van der Waals surface area contributed by atoms with E-state index in [0.717, 1.165) is 32.4 Å². The lowest BCUT2D eigenvalue weighted by Gasteiger charge is -2.32. The summed E-state index contributed by atoms with van der Waals surface area (Å²) < 4.78 is 7.54. The molecule has 0 N–H and O–H groups in total. The second-order valence-electron chi connectivity index (χ2n) is 6.61. The first-order valence-electron chi connectivity index (χ1n) is 9.03. The van der Waals surface area contributed by atoms with Gasteiger partial charge in [-0.15, -0.1) is 5.10 Å². The average molecular weight is 342 g/mol. The van der Waals surface area contributed by atoms with Crippen molar-refractivity contribution in [1.82, 2.24) is 19.9 Å². The number of benzene rings is 1. The van der Waals surface area contributed by atoms with E-state index in [1.54, 1.807) is 10.9 Å². The van der Waals surface area contributed by atoms with E-state index in [4.69, 9.17) is 4.74 Å². The van der Waals surface area contributed by atoms with E-state index in [-0.39, 0.29) is 12.0 Å². The number of aromatic nitrogens is 3. The number of rotatable bonds is 6. The van der Waals surface area contributed by atoms with Crippen molar-refractivity contribution < 1.29 is 9.53 Å². The van der Waals surface area contributed by atoms with Crippen molar-refractivity contribution in [3.8, 4) is 0 Å². The third-order valence-electron chi connectivity index (χ3n) is 4.57. The highest BCUT2D eigenvalue weighted by Gasteiger charge is 2.26. The van der Waals surface area contributed by atoms with E-state index in [2.05, 4.69) is 36.3 Å². The van der Waals surface area contributed by atoms with E-state index in [1.165, 1.54) is 11.1 Å². The van der Waals surface area contributed by atoms with Gasteiger partial charge in [-0.25, -0.2) is 4.68 Å². The molecule has 0 unspecified atom stereocenters. The van der Waals surface area contributed by atoms with Crippen LogP contribution in [-0.2, 0) is 11.3 Å². The Balaban J connectivity index is 1.63. The molecule has 0 saturated carbocycles. The molecular formula is C19H26N4O2. The Morgan fingerprint density at radius 1 is 1.36 bits per heavy atom. The van der Waals surface area contributed by atoms with E-state index in [9.17, 15) is 4.79 Å². The number of hydrogen-bond donors (Lipinski definition) is 0. The highest BCUT2D eigenvalue weighted by Crippen LogP contribution is 2.16. The maximum Gasteiger partial charge on any atom is 0.276 e. The molecule has 1 atom stereocenters. The Morgan fingerprint density at radius 3 is 3.00 bits per heavy atom. The normalized spacial score (nSPS) is 17.7. The number of carbonyl (C=O) groups is 1. The predicted molar refractivity (Wildman–Crippen MR) is 95.5 cm³/mol. The summed E-state index contributed by atoms with van der Waals surface area (Å²) in [4.78, 5) is 14.5. The monoisotopic (exact) mass is 342 g/mol. The maximum atomic E-state index is 12.7. The second-order valence-corrected chi connectivity index (χ2v) is 6.61. The first kappa shape index (κ1) is 17.6. The van der Waals surface area contributed by atoms with Crippen LogP contribution in [0.25, 0.3) is 0 Å². The molecule has 2 aromatic rings. The smallest absolute Gasteiger partial charge is 0.276 e. The zero-order valence-electron chi connectivity index (χ0n) is 15.0. The van der Waals surface area contributed by atoms with Gasteiger partial charge in [-0.2, -0.15) is 0 Å². The number of nitrogens with zero attached hydrogens (tertiary/aromatic N) is 4. The summed E-state index contributed by atoms with van der Waals surface area (Å²) in [6.07, 6.45) is 4.86. The van der Waals surface area contributed by atoms with Gasteiger partial charge in [0, 0.05) is 19.7 Å². The van der Waals surface area contributed by atoms with Crippen molar-refractivity contribution in [2.75, 3.05) is 19.7 Å². The minimum absolute atomic E-state index is 0.0548. The van der Waals surface area contributed by atoms with Crippen LogP contribution in [-0.4, -0.2) is 51.6 Å². The average Bonchev–Trinajstić information content (AvgIpc) is 3.10. The minimum atomic E-state index is -0.0548. The largest absolute Gasteiger partial charge is 0.376 e. The van der Waals surface area contributed by atoms with Gasteiger partial charge in [-0.05, 0) is 37.3 Å². The van der Waals surface area contributed by atoms with Gasteiger partial charge in [0.05, 0.1) is 18.8 Å². The van der Waals surface area contributed by atoms with Gasteiger partial charge < -0.3 is 9.64 Å². The first-order valence-corrected chi connectivity index (χ1v) is 9.03. The molecule has 25 heavy (non-hydrogen) atoms. The Bertz CT molecular complexity index is 713. The predicted octanol–water partition coefficient (Wildman–Crippen LogP) is 2.67. The first-order chi connectivity index (χ1) is 12.2. The third-order valence-corrected chi connectivity index (χ3v) is 4.57. The number of hydrogen-bond acceptors (Lipinski definition) is 4. The van der Waals surface area contributed by atoms with Crippen LogP contribution in [0.3, 0.4) is 0 Å². The Morgan fingerprint density at radius 2 is 2.20 bits per heavy atom. The molecule has 3 rings (SSSR count). The van der Waals surface area contributed by atoms with Crippen LogP contribution in [0, 0.1) is 6.92 Å². The van der Waals surface area contributed by atoms with Crippen LogP contribution in [0.5, 0.6) is 0 Å².